The molecule has 4 N–H and O–H groups in total. The minimum absolute atomic E-state index is 0.0897. The molecule has 0 radical (unpaired) electrons. The van der Waals surface area contributed by atoms with Crippen LogP contribution >= 0.6 is 0 Å². The van der Waals surface area contributed by atoms with E-state index >= 15 is 0 Å². The van der Waals surface area contributed by atoms with Gasteiger partial charge in [0.2, 0.25) is 5.91 Å². The maximum Gasteiger partial charge on any atom is 0.320 e. The number of hydrogen-bond acceptors (Lipinski definition) is 8. The van der Waals surface area contributed by atoms with Crippen molar-refractivity contribution in [3.8, 4) is 11.3 Å². The Kier molecular flexibility index (Phi) is 10.1. The van der Waals surface area contributed by atoms with E-state index in [4.69, 9.17) is 9.84 Å². The summed E-state index contributed by atoms with van der Waals surface area (Å²) in [5.74, 6) is -3.40. The summed E-state index contributed by atoms with van der Waals surface area (Å²) in [5.41, 5.74) is 1.80. The number of benzene rings is 1. The van der Waals surface area contributed by atoms with E-state index in [1.807, 2.05) is 31.2 Å². The van der Waals surface area contributed by atoms with Crippen molar-refractivity contribution in [3.05, 3.63) is 36.0 Å². The minimum Gasteiger partial charge on any atom is -0.481 e. The maximum absolute atomic E-state index is 12.7. The van der Waals surface area contributed by atoms with Crippen LogP contribution in [0.4, 0.5) is 0 Å². The fourth-order valence-corrected chi connectivity index (χ4v) is 3.28. The van der Waals surface area contributed by atoms with Gasteiger partial charge in [-0.25, -0.2) is 4.68 Å². The number of hydrogen-bond donors (Lipinski definition) is 4. The number of aryl methyl sites for hydroxylation is 1. The zero-order chi connectivity index (χ0) is 26.9. The first-order valence-electron chi connectivity index (χ1n) is 11.5. The summed E-state index contributed by atoms with van der Waals surface area (Å²) in [6.45, 7) is 6.83. The molecule has 2 atom stereocenters. The zero-order valence-electron chi connectivity index (χ0n) is 20.9. The van der Waals surface area contributed by atoms with Crippen LogP contribution in [0.3, 0.4) is 0 Å². The van der Waals surface area contributed by atoms with Crippen LogP contribution in [-0.4, -0.2) is 73.3 Å². The Morgan fingerprint density at radius 3 is 2.36 bits per heavy atom. The number of carboxylic acid groups (broad SMARTS) is 2. The van der Waals surface area contributed by atoms with E-state index in [0.717, 1.165) is 11.1 Å². The van der Waals surface area contributed by atoms with Gasteiger partial charge >= 0.3 is 17.9 Å². The number of esters is 1. The van der Waals surface area contributed by atoms with E-state index in [9.17, 15) is 24.3 Å². The molecule has 196 valence electrons. The van der Waals surface area contributed by atoms with Crippen molar-refractivity contribution in [2.75, 3.05) is 6.54 Å². The normalized spacial score (nSPS) is 13.0. The van der Waals surface area contributed by atoms with Gasteiger partial charge in [-0.15, -0.1) is 5.10 Å². The molecule has 1 unspecified atom stereocenters. The largest absolute Gasteiger partial charge is 0.481 e. The van der Waals surface area contributed by atoms with Crippen molar-refractivity contribution in [1.29, 1.82) is 0 Å². The molecule has 1 amide bonds. The number of aliphatic carboxylic acids is 2. The molecule has 12 heteroatoms. The minimum atomic E-state index is -1.23. The Morgan fingerprint density at radius 1 is 1.11 bits per heavy atom. The topological polar surface area (TPSA) is 173 Å². The number of nitrogens with one attached hydrogen (secondary N) is 2. The quantitative estimate of drug-likeness (QED) is 0.292. The van der Waals surface area contributed by atoms with Gasteiger partial charge in [0.25, 0.3) is 0 Å². The van der Waals surface area contributed by atoms with Gasteiger partial charge in [0, 0.05) is 18.5 Å². The molecule has 0 saturated carbocycles. The fourth-order valence-electron chi connectivity index (χ4n) is 3.28. The summed E-state index contributed by atoms with van der Waals surface area (Å²) >= 11 is 0. The third-order valence-corrected chi connectivity index (χ3v) is 4.95. The van der Waals surface area contributed by atoms with Gasteiger partial charge in [-0.1, -0.05) is 35.0 Å². The molecular formula is C24H33N5O7. The van der Waals surface area contributed by atoms with Crippen LogP contribution in [-0.2, 0) is 30.5 Å². The summed E-state index contributed by atoms with van der Waals surface area (Å²) in [5, 5.41) is 31.7. The van der Waals surface area contributed by atoms with Gasteiger partial charge in [0.1, 0.15) is 23.9 Å². The molecule has 36 heavy (non-hydrogen) atoms. The lowest BCUT2D eigenvalue weighted by atomic mass is 10.1. The van der Waals surface area contributed by atoms with Crippen LogP contribution in [0.5, 0.6) is 0 Å². The third kappa shape index (κ3) is 10.2. The van der Waals surface area contributed by atoms with Gasteiger partial charge in [-0.05, 0) is 34.1 Å². The first kappa shape index (κ1) is 28.4. The highest BCUT2D eigenvalue weighted by molar-refractivity contribution is 5.78. The van der Waals surface area contributed by atoms with Crippen LogP contribution < -0.4 is 10.6 Å². The standard InChI is InChI=1S/C24H33N5O7/c1-15-5-7-16(8-6-15)19-13-29(28-27-19)14-20(30)26-17(11-22(33)36-24(2,3)4)12-25-18(23(34)35)9-10-21(31)32/h5-8,13,17-18,25H,9-12,14H2,1-4H3,(H,26,30)(H,31,32)(H,34,35)/t17-,18?/m1/s1. The van der Waals surface area contributed by atoms with Crippen molar-refractivity contribution >= 4 is 23.8 Å². The fraction of sp³-hybridized carbons (Fsp3) is 0.500. The Hall–Kier alpha value is -3.80. The monoisotopic (exact) mass is 503 g/mol. The molecule has 1 aromatic heterocycles. The molecule has 1 heterocycles. The summed E-state index contributed by atoms with van der Waals surface area (Å²) in [4.78, 5) is 47.4. The molecule has 0 aliphatic rings. The van der Waals surface area contributed by atoms with Crippen LogP contribution in [0, 0.1) is 6.92 Å². The molecule has 0 spiro atoms. The predicted octanol–water partition coefficient (Wildman–Crippen LogP) is 1.38. The molecule has 2 rings (SSSR count). The van der Waals surface area contributed by atoms with Gasteiger partial charge in [-0.3, -0.25) is 19.2 Å². The van der Waals surface area contributed by atoms with Crippen LogP contribution in [0.2, 0.25) is 0 Å². The second-order valence-electron chi connectivity index (χ2n) is 9.45. The van der Waals surface area contributed by atoms with E-state index in [0.29, 0.717) is 5.69 Å². The van der Waals surface area contributed by atoms with E-state index in [1.165, 1.54) is 4.68 Å². The number of amides is 1. The van der Waals surface area contributed by atoms with Gasteiger partial charge in [-0.2, -0.15) is 0 Å². The lowest BCUT2D eigenvalue weighted by molar-refractivity contribution is -0.155. The van der Waals surface area contributed by atoms with E-state index in [2.05, 4.69) is 20.9 Å². The van der Waals surface area contributed by atoms with Crippen LogP contribution in [0.25, 0.3) is 11.3 Å². The summed E-state index contributed by atoms with van der Waals surface area (Å²) in [6, 6.07) is 5.71. The van der Waals surface area contributed by atoms with Gasteiger partial charge < -0.3 is 25.6 Å². The molecule has 2 aromatic rings. The van der Waals surface area contributed by atoms with Crippen molar-refractivity contribution in [1.82, 2.24) is 25.6 Å². The van der Waals surface area contributed by atoms with E-state index in [-0.39, 0.29) is 32.4 Å². The average Bonchev–Trinajstić information content (AvgIpc) is 3.20. The number of carbonyl (C=O) groups excluding carboxylic acids is 2. The molecule has 0 bridgehead atoms. The second kappa shape index (κ2) is 12.8. The maximum atomic E-state index is 12.7. The van der Waals surface area contributed by atoms with Crippen LogP contribution in [0.1, 0.15) is 45.6 Å². The number of aromatic nitrogens is 3. The molecular weight excluding hydrogens is 470 g/mol. The molecule has 0 aliphatic heterocycles. The smallest absolute Gasteiger partial charge is 0.320 e. The van der Waals surface area contributed by atoms with Gasteiger partial charge in [0.05, 0.1) is 18.7 Å². The molecule has 0 saturated heterocycles. The highest BCUT2D eigenvalue weighted by atomic mass is 16.6. The number of ether oxygens (including phenoxy) is 1. The lowest BCUT2D eigenvalue weighted by Gasteiger charge is -2.24. The SMILES string of the molecule is Cc1ccc(-c2cn(CC(=O)N[C@@H](CNC(CCC(=O)O)C(=O)O)CC(=O)OC(C)(C)C)nn2)cc1. The number of rotatable bonds is 13. The summed E-state index contributed by atoms with van der Waals surface area (Å²) in [7, 11) is 0. The molecule has 0 aliphatic carbocycles. The lowest BCUT2D eigenvalue weighted by Crippen LogP contribution is -2.49. The first-order chi connectivity index (χ1) is 16.8. The Balaban J connectivity index is 2.05. The van der Waals surface area contributed by atoms with Crippen molar-refractivity contribution in [3.63, 3.8) is 0 Å². The van der Waals surface area contributed by atoms with Crippen molar-refractivity contribution in [2.45, 2.75) is 71.2 Å². The second-order valence-corrected chi connectivity index (χ2v) is 9.45. The van der Waals surface area contributed by atoms with E-state index < -0.39 is 41.5 Å². The number of nitrogens with zero attached hydrogens (tertiary/aromatic N) is 3. The van der Waals surface area contributed by atoms with Crippen molar-refractivity contribution in [2.24, 2.45) is 0 Å². The summed E-state index contributed by atoms with van der Waals surface area (Å²) < 4.78 is 6.68. The Morgan fingerprint density at radius 2 is 1.78 bits per heavy atom. The Labute approximate surface area is 209 Å². The van der Waals surface area contributed by atoms with E-state index in [1.54, 1.807) is 27.0 Å². The van der Waals surface area contributed by atoms with Gasteiger partial charge in [0.15, 0.2) is 0 Å². The Bertz CT molecular complexity index is 1060. The van der Waals surface area contributed by atoms with Crippen LogP contribution in [0.15, 0.2) is 30.5 Å². The molecule has 12 nitrogen and oxygen atoms in total. The number of carboxylic acids is 2. The zero-order valence-corrected chi connectivity index (χ0v) is 20.9. The average molecular weight is 504 g/mol. The summed E-state index contributed by atoms with van der Waals surface area (Å²) in [6.07, 6.45) is 0.909. The molecule has 0 fully saturated rings. The number of carbonyl (C=O) groups is 4. The highest BCUT2D eigenvalue weighted by Crippen LogP contribution is 2.16. The first-order valence-corrected chi connectivity index (χ1v) is 11.5. The highest BCUT2D eigenvalue weighted by Gasteiger charge is 2.25. The molecule has 1 aromatic carbocycles. The predicted molar refractivity (Wildman–Crippen MR) is 129 cm³/mol. The van der Waals surface area contributed by atoms with Crippen molar-refractivity contribution < 1.29 is 34.1 Å². The third-order valence-electron chi connectivity index (χ3n) is 4.95.